The number of hydrogen-bond acceptors (Lipinski definition) is 3. The van der Waals surface area contributed by atoms with E-state index in [2.05, 4.69) is 11.9 Å². The second-order valence-corrected chi connectivity index (χ2v) is 4.66. The average molecular weight is 265 g/mol. The highest BCUT2D eigenvalue weighted by atomic mass is 16.5. The number of carbonyl (C=O) groups is 1. The molecule has 1 aromatic rings. The van der Waals surface area contributed by atoms with Crippen molar-refractivity contribution in [2.24, 2.45) is 0 Å². The monoisotopic (exact) mass is 265 g/mol. The van der Waals surface area contributed by atoms with E-state index in [9.17, 15) is 4.79 Å². The molecule has 0 unspecified atom stereocenters. The van der Waals surface area contributed by atoms with Crippen molar-refractivity contribution in [2.75, 3.05) is 6.61 Å². The van der Waals surface area contributed by atoms with Gasteiger partial charge < -0.3 is 9.84 Å². The summed E-state index contributed by atoms with van der Waals surface area (Å²) in [4.78, 5) is 14.7. The Bertz CT molecular complexity index is 362. The van der Waals surface area contributed by atoms with E-state index in [1.54, 1.807) is 12.1 Å². The van der Waals surface area contributed by atoms with Crippen LogP contribution in [0.2, 0.25) is 0 Å². The zero-order chi connectivity index (χ0) is 13.9. The van der Waals surface area contributed by atoms with Gasteiger partial charge in [0.2, 0.25) is 0 Å². The molecule has 4 nitrogen and oxygen atoms in total. The van der Waals surface area contributed by atoms with E-state index in [4.69, 9.17) is 9.84 Å². The quantitative estimate of drug-likeness (QED) is 0.656. The lowest BCUT2D eigenvalue weighted by molar-refractivity contribution is 0.0696. The van der Waals surface area contributed by atoms with Gasteiger partial charge in [-0.2, -0.15) is 0 Å². The van der Waals surface area contributed by atoms with Crippen molar-refractivity contribution in [2.45, 2.75) is 52.1 Å². The van der Waals surface area contributed by atoms with Gasteiger partial charge >= 0.3 is 5.97 Å². The van der Waals surface area contributed by atoms with E-state index in [-0.39, 0.29) is 5.56 Å². The summed E-state index contributed by atoms with van der Waals surface area (Å²) in [6.07, 6.45) is 8.85. The molecular weight excluding hydrogens is 242 g/mol. The lowest BCUT2D eigenvalue weighted by Gasteiger charge is -2.04. The summed E-state index contributed by atoms with van der Waals surface area (Å²) in [6.45, 7) is 3.41. The molecule has 0 saturated carbocycles. The lowest BCUT2D eigenvalue weighted by atomic mass is 10.1. The fourth-order valence-electron chi connectivity index (χ4n) is 1.80. The lowest BCUT2D eigenvalue weighted by Crippen LogP contribution is -2.01. The molecule has 19 heavy (non-hydrogen) atoms. The molecule has 1 N–H and O–H groups in total. The van der Waals surface area contributed by atoms with Crippen molar-refractivity contribution in [3.8, 4) is 0 Å². The standard InChI is InChI=1S/C15H23NO3/c1-2-3-4-5-6-7-10-19-12-14-9-8-13(11-16-14)15(17)18/h8-9,11H,2-7,10,12H2,1H3,(H,17,18). The summed E-state index contributed by atoms with van der Waals surface area (Å²) >= 11 is 0. The Labute approximate surface area is 114 Å². The topological polar surface area (TPSA) is 59.4 Å². The van der Waals surface area contributed by atoms with E-state index in [0.717, 1.165) is 18.7 Å². The molecule has 0 aliphatic rings. The van der Waals surface area contributed by atoms with Crippen LogP contribution in [0.5, 0.6) is 0 Å². The Morgan fingerprint density at radius 2 is 1.95 bits per heavy atom. The zero-order valence-corrected chi connectivity index (χ0v) is 11.6. The highest BCUT2D eigenvalue weighted by Crippen LogP contribution is 2.06. The molecule has 1 aromatic heterocycles. The van der Waals surface area contributed by atoms with Crippen LogP contribution in [0.15, 0.2) is 18.3 Å². The minimum Gasteiger partial charge on any atom is -0.478 e. The largest absolute Gasteiger partial charge is 0.478 e. The molecule has 0 aromatic carbocycles. The molecule has 4 heteroatoms. The summed E-state index contributed by atoms with van der Waals surface area (Å²) in [5.41, 5.74) is 0.982. The first-order chi connectivity index (χ1) is 9.24. The van der Waals surface area contributed by atoms with Gasteiger partial charge in [0.25, 0.3) is 0 Å². The van der Waals surface area contributed by atoms with E-state index >= 15 is 0 Å². The van der Waals surface area contributed by atoms with Crippen molar-refractivity contribution in [1.29, 1.82) is 0 Å². The van der Waals surface area contributed by atoms with Crippen molar-refractivity contribution in [3.05, 3.63) is 29.6 Å². The van der Waals surface area contributed by atoms with Crippen LogP contribution < -0.4 is 0 Å². The van der Waals surface area contributed by atoms with Gasteiger partial charge in [0.15, 0.2) is 0 Å². The number of pyridine rings is 1. The van der Waals surface area contributed by atoms with Crippen molar-refractivity contribution >= 4 is 5.97 Å². The number of nitrogens with zero attached hydrogens (tertiary/aromatic N) is 1. The molecule has 0 aliphatic carbocycles. The Kier molecular flexibility index (Phi) is 7.82. The van der Waals surface area contributed by atoms with Crippen LogP contribution in [0.3, 0.4) is 0 Å². The molecule has 106 valence electrons. The fourth-order valence-corrected chi connectivity index (χ4v) is 1.80. The van der Waals surface area contributed by atoms with E-state index in [0.29, 0.717) is 6.61 Å². The third-order valence-electron chi connectivity index (χ3n) is 2.96. The van der Waals surface area contributed by atoms with Gasteiger partial charge in [-0.15, -0.1) is 0 Å². The number of ether oxygens (including phenoxy) is 1. The van der Waals surface area contributed by atoms with Crippen LogP contribution in [-0.4, -0.2) is 22.7 Å². The molecule has 0 saturated heterocycles. The number of aromatic carboxylic acids is 1. The number of aromatic nitrogens is 1. The second-order valence-electron chi connectivity index (χ2n) is 4.66. The summed E-state index contributed by atoms with van der Waals surface area (Å²) in [5.74, 6) is -0.952. The third kappa shape index (κ3) is 6.91. The second kappa shape index (κ2) is 9.50. The summed E-state index contributed by atoms with van der Waals surface area (Å²) in [7, 11) is 0. The molecule has 1 rings (SSSR count). The SMILES string of the molecule is CCCCCCCCOCc1ccc(C(=O)O)cn1. The molecule has 0 spiro atoms. The minimum absolute atomic E-state index is 0.208. The van der Waals surface area contributed by atoms with Crippen molar-refractivity contribution in [3.63, 3.8) is 0 Å². The Balaban J connectivity index is 2.07. The number of carboxylic acids is 1. The highest BCUT2D eigenvalue weighted by Gasteiger charge is 2.02. The number of carboxylic acid groups (broad SMARTS) is 1. The van der Waals surface area contributed by atoms with Crippen LogP contribution in [0.4, 0.5) is 0 Å². The molecule has 0 bridgehead atoms. The van der Waals surface area contributed by atoms with Crippen LogP contribution in [0.1, 0.15) is 61.5 Å². The van der Waals surface area contributed by atoms with E-state index in [1.807, 2.05) is 0 Å². The maximum Gasteiger partial charge on any atom is 0.337 e. The number of unbranched alkanes of at least 4 members (excludes halogenated alkanes) is 5. The molecule has 0 aliphatic heterocycles. The van der Waals surface area contributed by atoms with Crippen LogP contribution in [0.25, 0.3) is 0 Å². The zero-order valence-electron chi connectivity index (χ0n) is 11.6. The molecule has 0 amide bonds. The number of hydrogen-bond donors (Lipinski definition) is 1. The van der Waals surface area contributed by atoms with Gasteiger partial charge in [-0.05, 0) is 18.6 Å². The first kappa shape index (κ1) is 15.6. The van der Waals surface area contributed by atoms with E-state index in [1.165, 1.54) is 38.3 Å². The number of rotatable bonds is 10. The fraction of sp³-hybridized carbons (Fsp3) is 0.600. The van der Waals surface area contributed by atoms with Gasteiger partial charge in [-0.3, -0.25) is 4.98 Å². The summed E-state index contributed by atoms with van der Waals surface area (Å²) < 4.78 is 5.52. The smallest absolute Gasteiger partial charge is 0.337 e. The first-order valence-corrected chi connectivity index (χ1v) is 7.00. The molecule has 0 fully saturated rings. The predicted octanol–water partition coefficient (Wildman–Crippen LogP) is 3.66. The Morgan fingerprint density at radius 3 is 2.58 bits per heavy atom. The molecule has 0 atom stereocenters. The van der Waals surface area contributed by atoms with Gasteiger partial charge in [-0.1, -0.05) is 39.0 Å². The predicted molar refractivity (Wildman–Crippen MR) is 74.2 cm³/mol. The van der Waals surface area contributed by atoms with Crippen molar-refractivity contribution < 1.29 is 14.6 Å². The highest BCUT2D eigenvalue weighted by molar-refractivity contribution is 5.87. The van der Waals surface area contributed by atoms with Gasteiger partial charge in [-0.25, -0.2) is 4.79 Å². The van der Waals surface area contributed by atoms with Gasteiger partial charge in [0, 0.05) is 12.8 Å². The third-order valence-corrected chi connectivity index (χ3v) is 2.96. The maximum absolute atomic E-state index is 10.6. The molecule has 0 radical (unpaired) electrons. The normalized spacial score (nSPS) is 10.6. The average Bonchev–Trinajstić information content (AvgIpc) is 2.42. The molecular formula is C15H23NO3. The van der Waals surface area contributed by atoms with E-state index < -0.39 is 5.97 Å². The van der Waals surface area contributed by atoms with Crippen molar-refractivity contribution in [1.82, 2.24) is 4.98 Å². The van der Waals surface area contributed by atoms with Crippen LogP contribution >= 0.6 is 0 Å². The first-order valence-electron chi connectivity index (χ1n) is 7.00. The van der Waals surface area contributed by atoms with Gasteiger partial charge in [0.1, 0.15) is 0 Å². The maximum atomic E-state index is 10.6. The minimum atomic E-state index is -0.952. The molecule has 1 heterocycles. The Hall–Kier alpha value is -1.42. The van der Waals surface area contributed by atoms with Gasteiger partial charge in [0.05, 0.1) is 17.9 Å². The summed E-state index contributed by atoms with van der Waals surface area (Å²) in [6, 6.07) is 3.25. The van der Waals surface area contributed by atoms with Crippen LogP contribution in [-0.2, 0) is 11.3 Å². The van der Waals surface area contributed by atoms with Crippen LogP contribution in [0, 0.1) is 0 Å². The Morgan fingerprint density at radius 1 is 1.21 bits per heavy atom. The summed E-state index contributed by atoms with van der Waals surface area (Å²) in [5, 5.41) is 8.74.